The summed E-state index contributed by atoms with van der Waals surface area (Å²) in [6, 6.07) is 8.20. The van der Waals surface area contributed by atoms with Gasteiger partial charge >= 0.3 is 0 Å². The van der Waals surface area contributed by atoms with Gasteiger partial charge in [0.2, 0.25) is 10.0 Å². The van der Waals surface area contributed by atoms with Gasteiger partial charge in [0.1, 0.15) is 4.90 Å². The summed E-state index contributed by atoms with van der Waals surface area (Å²) in [5.41, 5.74) is 5.92. The third-order valence-corrected chi connectivity index (χ3v) is 5.58. The highest BCUT2D eigenvalue weighted by Crippen LogP contribution is 2.26. The molecule has 0 amide bonds. The summed E-state index contributed by atoms with van der Waals surface area (Å²) in [6.45, 7) is 0.311. The Morgan fingerprint density at radius 2 is 2.11 bits per heavy atom. The number of anilines is 1. The van der Waals surface area contributed by atoms with Crippen LogP contribution in [0.4, 0.5) is 5.69 Å². The first-order chi connectivity index (χ1) is 8.91. The van der Waals surface area contributed by atoms with Gasteiger partial charge in [-0.25, -0.2) is 8.42 Å². The molecule has 102 valence electrons. The molecule has 2 rings (SSSR count). The molecule has 2 aromatic rings. The van der Waals surface area contributed by atoms with Crippen molar-refractivity contribution in [1.29, 1.82) is 0 Å². The van der Waals surface area contributed by atoms with Crippen LogP contribution in [0.1, 0.15) is 4.88 Å². The molecule has 1 aromatic carbocycles. The molecular formula is C12H13ClN2O2S2. The van der Waals surface area contributed by atoms with Gasteiger partial charge in [-0.2, -0.15) is 4.31 Å². The van der Waals surface area contributed by atoms with Crippen molar-refractivity contribution in [2.24, 2.45) is 0 Å². The van der Waals surface area contributed by atoms with Crippen LogP contribution >= 0.6 is 22.9 Å². The van der Waals surface area contributed by atoms with E-state index < -0.39 is 10.0 Å². The molecule has 19 heavy (non-hydrogen) atoms. The highest BCUT2D eigenvalue weighted by Gasteiger charge is 2.23. The van der Waals surface area contributed by atoms with Gasteiger partial charge in [-0.3, -0.25) is 0 Å². The number of nitrogen functional groups attached to an aromatic ring is 1. The first-order valence-electron chi connectivity index (χ1n) is 5.45. The van der Waals surface area contributed by atoms with Crippen LogP contribution in [0.25, 0.3) is 0 Å². The Labute approximate surface area is 121 Å². The minimum atomic E-state index is -3.64. The number of rotatable bonds is 4. The third kappa shape index (κ3) is 3.09. The highest BCUT2D eigenvalue weighted by molar-refractivity contribution is 7.89. The number of benzene rings is 1. The van der Waals surface area contributed by atoms with Gasteiger partial charge in [0.25, 0.3) is 0 Å². The number of nitrogens with zero attached hydrogens (tertiary/aromatic N) is 1. The molecule has 0 saturated carbocycles. The van der Waals surface area contributed by atoms with Crippen molar-refractivity contribution in [3.05, 3.63) is 45.6 Å². The molecule has 2 N–H and O–H groups in total. The van der Waals surface area contributed by atoms with Crippen LogP contribution in [0.5, 0.6) is 0 Å². The van der Waals surface area contributed by atoms with Crippen LogP contribution in [0.15, 0.2) is 40.6 Å². The second-order valence-corrected chi connectivity index (χ2v) is 7.50. The molecule has 0 saturated heterocycles. The number of thiophene rings is 1. The average molecular weight is 317 g/mol. The van der Waals surface area contributed by atoms with Crippen LogP contribution < -0.4 is 5.73 Å². The van der Waals surface area contributed by atoms with Crippen LogP contribution in [0.3, 0.4) is 0 Å². The van der Waals surface area contributed by atoms with E-state index >= 15 is 0 Å². The summed E-state index contributed by atoms with van der Waals surface area (Å²) < 4.78 is 26.1. The number of sulfonamides is 1. The molecule has 0 unspecified atom stereocenters. The maximum Gasteiger partial charge on any atom is 0.245 e. The van der Waals surface area contributed by atoms with Gasteiger partial charge in [-0.1, -0.05) is 17.7 Å². The lowest BCUT2D eigenvalue weighted by Crippen LogP contribution is -2.26. The SMILES string of the molecule is CN(Cc1cccs1)S(=O)(=O)c1cc(Cl)ccc1N. The fourth-order valence-corrected chi connectivity index (χ4v) is 3.97. The van der Waals surface area contributed by atoms with E-state index in [1.165, 1.54) is 34.8 Å². The first-order valence-corrected chi connectivity index (χ1v) is 8.15. The van der Waals surface area contributed by atoms with E-state index in [0.717, 1.165) is 4.88 Å². The minimum absolute atomic E-state index is 0.0408. The van der Waals surface area contributed by atoms with Gasteiger partial charge in [0.05, 0.1) is 5.69 Å². The molecule has 0 aliphatic carbocycles. The van der Waals surface area contributed by atoms with Gasteiger partial charge in [0.15, 0.2) is 0 Å². The topological polar surface area (TPSA) is 63.4 Å². The maximum atomic E-state index is 12.4. The Hall–Kier alpha value is -1.08. The quantitative estimate of drug-likeness (QED) is 0.882. The fourth-order valence-electron chi connectivity index (χ4n) is 1.61. The van der Waals surface area contributed by atoms with Crippen molar-refractivity contribution in [3.63, 3.8) is 0 Å². The fraction of sp³-hybridized carbons (Fsp3) is 0.167. The van der Waals surface area contributed by atoms with Crippen LogP contribution in [-0.4, -0.2) is 19.8 Å². The summed E-state index contributed by atoms with van der Waals surface area (Å²) >= 11 is 7.34. The van der Waals surface area contributed by atoms with Crippen LogP contribution in [-0.2, 0) is 16.6 Å². The van der Waals surface area contributed by atoms with Crippen molar-refractivity contribution in [2.45, 2.75) is 11.4 Å². The maximum absolute atomic E-state index is 12.4. The molecule has 0 radical (unpaired) electrons. The molecule has 0 spiro atoms. The largest absolute Gasteiger partial charge is 0.398 e. The van der Waals surface area contributed by atoms with Crippen molar-refractivity contribution in [2.75, 3.05) is 12.8 Å². The molecule has 0 aliphatic heterocycles. The van der Waals surface area contributed by atoms with Crippen molar-refractivity contribution in [1.82, 2.24) is 4.31 Å². The number of nitrogens with two attached hydrogens (primary N) is 1. The smallest absolute Gasteiger partial charge is 0.245 e. The van der Waals surface area contributed by atoms with E-state index in [0.29, 0.717) is 11.6 Å². The van der Waals surface area contributed by atoms with Crippen molar-refractivity contribution >= 4 is 38.6 Å². The summed E-state index contributed by atoms with van der Waals surface area (Å²) in [5.74, 6) is 0. The lowest BCUT2D eigenvalue weighted by molar-refractivity contribution is 0.470. The molecule has 0 fully saturated rings. The minimum Gasteiger partial charge on any atom is -0.398 e. The molecule has 0 atom stereocenters. The van der Waals surface area contributed by atoms with E-state index in [4.69, 9.17) is 17.3 Å². The van der Waals surface area contributed by atoms with Gasteiger partial charge in [0, 0.05) is 23.5 Å². The first kappa shape index (κ1) is 14.3. The monoisotopic (exact) mass is 316 g/mol. The van der Waals surface area contributed by atoms with Gasteiger partial charge in [-0.15, -0.1) is 11.3 Å². The predicted octanol–water partition coefficient (Wildman–Crippen LogP) is 2.80. The molecule has 0 bridgehead atoms. The molecule has 0 aliphatic rings. The van der Waals surface area contributed by atoms with Crippen LogP contribution in [0.2, 0.25) is 5.02 Å². The Morgan fingerprint density at radius 1 is 1.37 bits per heavy atom. The lowest BCUT2D eigenvalue weighted by Gasteiger charge is -2.17. The second kappa shape index (κ2) is 5.50. The number of hydrogen-bond donors (Lipinski definition) is 1. The summed E-state index contributed by atoms with van der Waals surface area (Å²) in [7, 11) is -2.11. The van der Waals surface area contributed by atoms with Crippen molar-refractivity contribution in [3.8, 4) is 0 Å². The normalized spacial score (nSPS) is 11.9. The number of hydrogen-bond acceptors (Lipinski definition) is 4. The predicted molar refractivity (Wildman–Crippen MR) is 78.8 cm³/mol. The zero-order chi connectivity index (χ0) is 14.0. The average Bonchev–Trinajstić information content (AvgIpc) is 2.85. The third-order valence-electron chi connectivity index (χ3n) is 2.62. The number of halogens is 1. The van der Waals surface area contributed by atoms with E-state index in [-0.39, 0.29) is 10.6 Å². The van der Waals surface area contributed by atoms with E-state index in [1.807, 2.05) is 17.5 Å². The zero-order valence-corrected chi connectivity index (χ0v) is 12.6. The molecule has 1 aromatic heterocycles. The molecule has 4 nitrogen and oxygen atoms in total. The molecular weight excluding hydrogens is 304 g/mol. The highest BCUT2D eigenvalue weighted by atomic mass is 35.5. The van der Waals surface area contributed by atoms with Gasteiger partial charge in [-0.05, 0) is 29.6 Å². The van der Waals surface area contributed by atoms with Gasteiger partial charge < -0.3 is 5.73 Å². The molecule has 7 heteroatoms. The van der Waals surface area contributed by atoms with E-state index in [2.05, 4.69) is 0 Å². The van der Waals surface area contributed by atoms with Crippen LogP contribution in [0, 0.1) is 0 Å². The van der Waals surface area contributed by atoms with E-state index in [9.17, 15) is 8.42 Å². The second-order valence-electron chi connectivity index (χ2n) is 4.02. The van der Waals surface area contributed by atoms with E-state index in [1.54, 1.807) is 6.07 Å². The Morgan fingerprint density at radius 3 is 2.74 bits per heavy atom. The lowest BCUT2D eigenvalue weighted by atomic mass is 10.3. The van der Waals surface area contributed by atoms with Crippen molar-refractivity contribution < 1.29 is 8.42 Å². The Kier molecular flexibility index (Phi) is 4.15. The summed E-state index contributed by atoms with van der Waals surface area (Å²) in [4.78, 5) is 1.01. The Balaban J connectivity index is 2.33. The zero-order valence-electron chi connectivity index (χ0n) is 10.2. The standard InChI is InChI=1S/C12H13ClN2O2S2/c1-15(8-10-3-2-6-18-10)19(16,17)12-7-9(13)4-5-11(12)14/h2-7H,8,14H2,1H3. The molecule has 1 heterocycles. The summed E-state index contributed by atoms with van der Waals surface area (Å²) in [6.07, 6.45) is 0. The Bertz CT molecular complexity index is 669. The summed E-state index contributed by atoms with van der Waals surface area (Å²) in [5, 5.41) is 2.25.